The quantitative estimate of drug-likeness (QED) is 0.479. The molecule has 0 radical (unpaired) electrons. The van der Waals surface area contributed by atoms with Crippen LogP contribution in [0.4, 0.5) is 5.69 Å². The van der Waals surface area contributed by atoms with E-state index in [4.69, 9.17) is 9.15 Å². The molecule has 7 heteroatoms. The zero-order valence-electron chi connectivity index (χ0n) is 16.8. The van der Waals surface area contributed by atoms with Gasteiger partial charge in [0.1, 0.15) is 11.5 Å². The third kappa shape index (κ3) is 5.97. The van der Waals surface area contributed by atoms with E-state index in [1.165, 1.54) is 0 Å². The van der Waals surface area contributed by atoms with Gasteiger partial charge in [-0.3, -0.25) is 9.59 Å². The topological polar surface area (TPSA) is 80.6 Å². The summed E-state index contributed by atoms with van der Waals surface area (Å²) < 4.78 is 11.9. The summed E-state index contributed by atoms with van der Waals surface area (Å²) in [6.45, 7) is 4.30. The molecule has 1 aromatic heterocycles. The number of carbonyl (C=O) groups is 2. The van der Waals surface area contributed by atoms with Gasteiger partial charge in [-0.25, -0.2) is 0 Å². The van der Waals surface area contributed by atoms with Crippen LogP contribution in [0, 0.1) is 0 Å². The van der Waals surface area contributed by atoms with Gasteiger partial charge < -0.3 is 19.8 Å². The first-order valence-corrected chi connectivity index (χ1v) is 10.3. The maximum absolute atomic E-state index is 12.3. The predicted molar refractivity (Wildman–Crippen MR) is 119 cm³/mol. The van der Waals surface area contributed by atoms with Crippen molar-refractivity contribution in [3.63, 3.8) is 0 Å². The molecule has 0 atom stereocenters. The van der Waals surface area contributed by atoms with Crippen molar-refractivity contribution in [1.29, 1.82) is 0 Å². The van der Waals surface area contributed by atoms with Crippen molar-refractivity contribution in [2.45, 2.75) is 26.3 Å². The van der Waals surface area contributed by atoms with Crippen LogP contribution in [0.1, 0.15) is 41.4 Å². The molecule has 0 aliphatic heterocycles. The molecule has 0 unspecified atom stereocenters. The summed E-state index contributed by atoms with van der Waals surface area (Å²) in [5, 5.41) is 5.54. The molecule has 30 heavy (non-hydrogen) atoms. The third-order valence-electron chi connectivity index (χ3n) is 4.36. The number of hydrogen-bond acceptors (Lipinski definition) is 4. The molecule has 2 amide bonds. The number of nitrogens with one attached hydrogen (secondary N) is 2. The fourth-order valence-electron chi connectivity index (χ4n) is 2.86. The molecule has 0 bridgehead atoms. The Hall–Kier alpha value is -3.06. The van der Waals surface area contributed by atoms with Crippen LogP contribution in [0.5, 0.6) is 5.75 Å². The number of rotatable bonds is 8. The van der Waals surface area contributed by atoms with Gasteiger partial charge >= 0.3 is 0 Å². The normalized spacial score (nSPS) is 10.7. The van der Waals surface area contributed by atoms with E-state index in [0.717, 1.165) is 10.0 Å². The van der Waals surface area contributed by atoms with Crippen LogP contribution in [0.3, 0.4) is 0 Å². The highest BCUT2D eigenvalue weighted by Gasteiger charge is 2.12. The molecule has 1 heterocycles. The Morgan fingerprint density at radius 1 is 1.10 bits per heavy atom. The highest BCUT2D eigenvalue weighted by atomic mass is 79.9. The van der Waals surface area contributed by atoms with Gasteiger partial charge in [-0.2, -0.15) is 0 Å². The van der Waals surface area contributed by atoms with E-state index in [1.807, 2.05) is 18.2 Å². The van der Waals surface area contributed by atoms with Crippen LogP contribution >= 0.6 is 15.9 Å². The van der Waals surface area contributed by atoms with Gasteiger partial charge in [0, 0.05) is 15.7 Å². The molecule has 0 aliphatic carbocycles. The van der Waals surface area contributed by atoms with Gasteiger partial charge in [-0.05, 0) is 60.0 Å². The molecule has 0 saturated heterocycles. The molecular formula is C23H23BrN2O4. The molecule has 3 rings (SSSR count). The first kappa shape index (κ1) is 21.6. The highest BCUT2D eigenvalue weighted by molar-refractivity contribution is 9.10. The van der Waals surface area contributed by atoms with Crippen LogP contribution in [-0.2, 0) is 11.3 Å². The summed E-state index contributed by atoms with van der Waals surface area (Å²) in [6, 6.07) is 16.0. The van der Waals surface area contributed by atoms with Crippen LogP contribution in [0.25, 0.3) is 0 Å². The van der Waals surface area contributed by atoms with E-state index in [-0.39, 0.29) is 24.3 Å². The number of carbonyl (C=O) groups excluding carboxylic acids is 2. The summed E-state index contributed by atoms with van der Waals surface area (Å²) in [5.41, 5.74) is 1.98. The number of halogens is 1. The third-order valence-corrected chi connectivity index (χ3v) is 4.86. The van der Waals surface area contributed by atoms with E-state index >= 15 is 0 Å². The van der Waals surface area contributed by atoms with Crippen molar-refractivity contribution in [3.05, 3.63) is 82.2 Å². The van der Waals surface area contributed by atoms with Crippen LogP contribution in [-0.4, -0.2) is 18.4 Å². The molecular weight excluding hydrogens is 448 g/mol. The van der Waals surface area contributed by atoms with Gasteiger partial charge in [0.25, 0.3) is 11.8 Å². The van der Waals surface area contributed by atoms with Gasteiger partial charge in [0.15, 0.2) is 6.61 Å². The Morgan fingerprint density at radius 3 is 2.67 bits per heavy atom. The summed E-state index contributed by atoms with van der Waals surface area (Å²) >= 11 is 3.46. The van der Waals surface area contributed by atoms with E-state index in [1.54, 1.807) is 42.7 Å². The first-order chi connectivity index (χ1) is 14.4. The molecule has 3 aromatic rings. The van der Waals surface area contributed by atoms with Crippen molar-refractivity contribution in [1.82, 2.24) is 5.32 Å². The monoisotopic (exact) mass is 470 g/mol. The first-order valence-electron chi connectivity index (χ1n) is 9.55. The zero-order valence-corrected chi connectivity index (χ0v) is 18.4. The molecule has 6 nitrogen and oxygen atoms in total. The smallest absolute Gasteiger partial charge is 0.262 e. The minimum atomic E-state index is -0.305. The number of furan rings is 1. The predicted octanol–water partition coefficient (Wildman–Crippen LogP) is 5.11. The molecule has 0 spiro atoms. The lowest BCUT2D eigenvalue weighted by Crippen LogP contribution is -2.23. The lowest BCUT2D eigenvalue weighted by Gasteiger charge is -2.14. The van der Waals surface area contributed by atoms with Crippen LogP contribution < -0.4 is 15.4 Å². The number of amides is 2. The van der Waals surface area contributed by atoms with E-state index in [9.17, 15) is 9.59 Å². The molecule has 2 aromatic carbocycles. The fraction of sp³-hybridized carbons (Fsp3) is 0.217. The van der Waals surface area contributed by atoms with Gasteiger partial charge in [-0.1, -0.05) is 35.8 Å². The summed E-state index contributed by atoms with van der Waals surface area (Å²) in [6.07, 6.45) is 1.55. The van der Waals surface area contributed by atoms with Crippen LogP contribution in [0.2, 0.25) is 0 Å². The maximum atomic E-state index is 12.3. The largest absolute Gasteiger partial charge is 0.483 e. The Labute approximate surface area is 183 Å². The Morgan fingerprint density at radius 2 is 1.93 bits per heavy atom. The Balaban J connectivity index is 1.57. The average molecular weight is 471 g/mol. The van der Waals surface area contributed by atoms with Crippen LogP contribution in [0.15, 0.2) is 69.8 Å². The molecule has 156 valence electrons. The van der Waals surface area contributed by atoms with E-state index in [0.29, 0.717) is 29.3 Å². The lowest BCUT2D eigenvalue weighted by molar-refractivity contribution is -0.118. The van der Waals surface area contributed by atoms with Crippen molar-refractivity contribution >= 4 is 33.4 Å². The zero-order chi connectivity index (χ0) is 21.5. The fourth-order valence-corrected chi connectivity index (χ4v) is 3.24. The second kappa shape index (κ2) is 10.1. The second-order valence-electron chi connectivity index (χ2n) is 7.02. The SMILES string of the molecule is CC(C)c1cc(Br)ccc1OCC(=O)Nc1cccc(C(=O)NCc2ccco2)c1. The lowest BCUT2D eigenvalue weighted by atomic mass is 10.0. The maximum Gasteiger partial charge on any atom is 0.262 e. The second-order valence-corrected chi connectivity index (χ2v) is 7.93. The minimum absolute atomic E-state index is 0.129. The van der Waals surface area contributed by atoms with Gasteiger partial charge in [0.2, 0.25) is 0 Å². The molecule has 0 fully saturated rings. The minimum Gasteiger partial charge on any atom is -0.483 e. The van der Waals surface area contributed by atoms with Crippen molar-refractivity contribution in [3.8, 4) is 5.75 Å². The van der Waals surface area contributed by atoms with Crippen molar-refractivity contribution < 1.29 is 18.7 Å². The summed E-state index contributed by atoms with van der Waals surface area (Å²) in [7, 11) is 0. The standard InChI is InChI=1S/C23H23BrN2O4/c1-15(2)20-12-17(24)8-9-21(20)30-14-22(27)26-18-6-3-5-16(11-18)23(28)25-13-19-7-4-10-29-19/h3-12,15H,13-14H2,1-2H3,(H,25,28)(H,26,27). The molecule has 0 aliphatic rings. The molecule has 0 saturated carbocycles. The Bertz CT molecular complexity index is 1020. The van der Waals surface area contributed by atoms with Crippen molar-refractivity contribution in [2.24, 2.45) is 0 Å². The number of hydrogen-bond donors (Lipinski definition) is 2. The van der Waals surface area contributed by atoms with Gasteiger partial charge in [0.05, 0.1) is 12.8 Å². The van der Waals surface area contributed by atoms with E-state index in [2.05, 4.69) is 40.4 Å². The Kier molecular flexibility index (Phi) is 7.30. The number of anilines is 1. The number of benzene rings is 2. The van der Waals surface area contributed by atoms with E-state index < -0.39 is 0 Å². The molecule has 2 N–H and O–H groups in total. The average Bonchev–Trinajstić information content (AvgIpc) is 3.25. The summed E-state index contributed by atoms with van der Waals surface area (Å²) in [4.78, 5) is 24.7. The number of ether oxygens (including phenoxy) is 1. The summed E-state index contributed by atoms with van der Waals surface area (Å²) in [5.74, 6) is 1.04. The highest BCUT2D eigenvalue weighted by Crippen LogP contribution is 2.29. The van der Waals surface area contributed by atoms with Gasteiger partial charge in [-0.15, -0.1) is 0 Å². The van der Waals surface area contributed by atoms with Crippen molar-refractivity contribution in [2.75, 3.05) is 11.9 Å².